The number of benzene rings is 2. The fourth-order valence-corrected chi connectivity index (χ4v) is 2.30. The maximum absolute atomic E-state index is 12.2. The second kappa shape index (κ2) is 7.99. The van der Waals surface area contributed by atoms with Gasteiger partial charge in [-0.2, -0.15) is 0 Å². The molecule has 1 amide bonds. The molecule has 0 atom stereocenters. The van der Waals surface area contributed by atoms with Crippen LogP contribution >= 0.6 is 23.2 Å². The first-order chi connectivity index (χ1) is 11.4. The summed E-state index contributed by atoms with van der Waals surface area (Å²) in [6.07, 6.45) is 3.12. The highest BCUT2D eigenvalue weighted by Gasteiger charge is 2.07. The fourth-order valence-electron chi connectivity index (χ4n) is 2.00. The number of ether oxygens (including phenoxy) is 1. The second-order valence-electron chi connectivity index (χ2n) is 5.11. The number of primary amides is 1. The van der Waals surface area contributed by atoms with Crippen LogP contribution in [0, 0.1) is 6.92 Å². The monoisotopic (exact) mass is 363 g/mol. The fraction of sp³-hybridized carbons (Fsp3) is 0.111. The maximum atomic E-state index is 12.2. The van der Waals surface area contributed by atoms with Gasteiger partial charge in [-0.3, -0.25) is 9.59 Å². The van der Waals surface area contributed by atoms with E-state index in [-0.39, 0.29) is 12.4 Å². The summed E-state index contributed by atoms with van der Waals surface area (Å²) < 4.78 is 5.26. The van der Waals surface area contributed by atoms with Gasteiger partial charge in [-0.25, -0.2) is 0 Å². The minimum absolute atomic E-state index is 0.161. The summed E-state index contributed by atoms with van der Waals surface area (Å²) in [5.74, 6) is -0.205. The van der Waals surface area contributed by atoms with Gasteiger partial charge in [0.1, 0.15) is 5.75 Å². The largest absolute Gasteiger partial charge is 0.484 e. The molecule has 0 unspecified atom stereocenters. The topological polar surface area (TPSA) is 69.4 Å². The molecule has 0 radical (unpaired) electrons. The number of carbonyl (C=O) groups excluding carboxylic acids is 2. The maximum Gasteiger partial charge on any atom is 0.255 e. The molecule has 2 aromatic rings. The van der Waals surface area contributed by atoms with Crippen molar-refractivity contribution in [3.05, 3.63) is 69.2 Å². The van der Waals surface area contributed by atoms with Crippen LogP contribution in [0.5, 0.6) is 5.75 Å². The van der Waals surface area contributed by atoms with Crippen molar-refractivity contribution in [2.75, 3.05) is 6.61 Å². The number of halogens is 2. The first-order valence-corrected chi connectivity index (χ1v) is 7.81. The van der Waals surface area contributed by atoms with E-state index in [0.717, 1.165) is 11.1 Å². The lowest BCUT2D eigenvalue weighted by molar-refractivity contribution is -0.119. The first kappa shape index (κ1) is 18.0. The highest BCUT2D eigenvalue weighted by molar-refractivity contribution is 6.42. The Labute approximate surface area is 149 Å². The molecule has 124 valence electrons. The Kier molecular flexibility index (Phi) is 6.01. The Morgan fingerprint density at radius 3 is 2.50 bits per heavy atom. The van der Waals surface area contributed by atoms with Crippen molar-refractivity contribution in [3.8, 4) is 5.75 Å². The van der Waals surface area contributed by atoms with Gasteiger partial charge in [-0.15, -0.1) is 0 Å². The molecule has 0 saturated heterocycles. The molecule has 6 heteroatoms. The number of amides is 1. The molecule has 2 N–H and O–H groups in total. The van der Waals surface area contributed by atoms with Crippen molar-refractivity contribution in [1.29, 1.82) is 0 Å². The van der Waals surface area contributed by atoms with E-state index in [9.17, 15) is 9.59 Å². The SMILES string of the molecule is Cc1cc(C(=O)/C=C/c2ccc(Cl)c(Cl)c2)ccc1OCC(N)=O. The van der Waals surface area contributed by atoms with Gasteiger partial charge in [0, 0.05) is 5.56 Å². The molecular formula is C18H15Cl2NO3. The molecule has 24 heavy (non-hydrogen) atoms. The molecule has 0 spiro atoms. The molecule has 0 fully saturated rings. The van der Waals surface area contributed by atoms with Crippen LogP contribution in [0.1, 0.15) is 21.5 Å². The minimum Gasteiger partial charge on any atom is -0.484 e. The van der Waals surface area contributed by atoms with E-state index in [2.05, 4.69) is 0 Å². The Bertz CT molecular complexity index is 816. The van der Waals surface area contributed by atoms with Gasteiger partial charge in [0.25, 0.3) is 5.91 Å². The zero-order valence-electron chi connectivity index (χ0n) is 12.9. The Hall–Kier alpha value is -2.30. The number of carbonyl (C=O) groups is 2. The predicted molar refractivity (Wildman–Crippen MR) is 95.7 cm³/mol. The van der Waals surface area contributed by atoms with Crippen LogP contribution < -0.4 is 10.5 Å². The molecule has 4 nitrogen and oxygen atoms in total. The standard InChI is InChI=1S/C18H15Cl2NO3/c1-11-8-13(4-7-17(11)24-10-18(21)23)16(22)6-3-12-2-5-14(19)15(20)9-12/h2-9H,10H2,1H3,(H2,21,23)/b6-3+. The van der Waals surface area contributed by atoms with Gasteiger partial charge in [-0.05, 0) is 54.5 Å². The van der Waals surface area contributed by atoms with Crippen LogP contribution in [0.2, 0.25) is 10.0 Å². The molecule has 0 aromatic heterocycles. The zero-order chi connectivity index (χ0) is 17.7. The highest BCUT2D eigenvalue weighted by Crippen LogP contribution is 2.23. The van der Waals surface area contributed by atoms with Gasteiger partial charge < -0.3 is 10.5 Å². The summed E-state index contributed by atoms with van der Waals surface area (Å²) in [6, 6.07) is 10.1. The zero-order valence-corrected chi connectivity index (χ0v) is 14.4. The highest BCUT2D eigenvalue weighted by atomic mass is 35.5. The van der Waals surface area contributed by atoms with Gasteiger partial charge >= 0.3 is 0 Å². The van der Waals surface area contributed by atoms with Crippen molar-refractivity contribution in [1.82, 2.24) is 0 Å². The number of nitrogens with two attached hydrogens (primary N) is 1. The third-order valence-corrected chi connectivity index (χ3v) is 3.94. The normalized spacial score (nSPS) is 10.8. The smallest absolute Gasteiger partial charge is 0.255 e. The van der Waals surface area contributed by atoms with Crippen LogP contribution in [0.3, 0.4) is 0 Å². The van der Waals surface area contributed by atoms with E-state index >= 15 is 0 Å². The van der Waals surface area contributed by atoms with Crippen LogP contribution in [-0.2, 0) is 4.79 Å². The van der Waals surface area contributed by atoms with E-state index in [4.69, 9.17) is 33.7 Å². The van der Waals surface area contributed by atoms with Crippen molar-refractivity contribution >= 4 is 41.0 Å². The van der Waals surface area contributed by atoms with Gasteiger partial charge in [-0.1, -0.05) is 35.3 Å². The van der Waals surface area contributed by atoms with E-state index in [1.807, 2.05) is 0 Å². The minimum atomic E-state index is -0.556. The van der Waals surface area contributed by atoms with Gasteiger partial charge in [0.2, 0.25) is 0 Å². The summed E-state index contributed by atoms with van der Waals surface area (Å²) in [6.45, 7) is 1.58. The lowest BCUT2D eigenvalue weighted by Gasteiger charge is -2.08. The number of aryl methyl sites for hydroxylation is 1. The molecule has 0 aliphatic carbocycles. The Balaban J connectivity index is 2.11. The van der Waals surface area contributed by atoms with Gasteiger partial charge in [0.05, 0.1) is 10.0 Å². The Morgan fingerprint density at radius 1 is 1.12 bits per heavy atom. The first-order valence-electron chi connectivity index (χ1n) is 7.06. The van der Waals surface area contributed by atoms with Crippen molar-refractivity contribution in [2.45, 2.75) is 6.92 Å². The predicted octanol–water partition coefficient (Wildman–Crippen LogP) is 4.06. The molecule has 2 rings (SSSR count). The van der Waals surface area contributed by atoms with Crippen LogP contribution in [0.25, 0.3) is 6.08 Å². The summed E-state index contributed by atoms with van der Waals surface area (Å²) in [5, 5.41) is 0.889. The van der Waals surface area contributed by atoms with Crippen molar-refractivity contribution in [2.24, 2.45) is 5.73 Å². The molecular weight excluding hydrogens is 349 g/mol. The molecule has 0 aliphatic rings. The average molecular weight is 364 g/mol. The molecule has 0 heterocycles. The number of hydrogen-bond donors (Lipinski definition) is 1. The summed E-state index contributed by atoms with van der Waals surface area (Å²) in [5.41, 5.74) is 7.06. The van der Waals surface area contributed by atoms with Crippen LogP contribution in [-0.4, -0.2) is 18.3 Å². The average Bonchev–Trinajstić information content (AvgIpc) is 2.54. The summed E-state index contributed by atoms with van der Waals surface area (Å²) >= 11 is 11.8. The van der Waals surface area contributed by atoms with E-state index in [1.165, 1.54) is 6.08 Å². The molecule has 0 saturated carbocycles. The third kappa shape index (κ3) is 4.85. The number of ketones is 1. The van der Waals surface area contributed by atoms with Gasteiger partial charge in [0.15, 0.2) is 12.4 Å². The number of rotatable bonds is 6. The van der Waals surface area contributed by atoms with Crippen LogP contribution in [0.4, 0.5) is 0 Å². The van der Waals surface area contributed by atoms with Crippen molar-refractivity contribution < 1.29 is 14.3 Å². The third-order valence-electron chi connectivity index (χ3n) is 3.20. The van der Waals surface area contributed by atoms with E-state index in [0.29, 0.717) is 21.4 Å². The van der Waals surface area contributed by atoms with Crippen LogP contribution in [0.15, 0.2) is 42.5 Å². The molecule has 0 bridgehead atoms. The lowest BCUT2D eigenvalue weighted by Crippen LogP contribution is -2.20. The lowest BCUT2D eigenvalue weighted by atomic mass is 10.1. The second-order valence-corrected chi connectivity index (χ2v) is 5.92. The van der Waals surface area contributed by atoms with E-state index < -0.39 is 5.91 Å². The Morgan fingerprint density at radius 2 is 1.88 bits per heavy atom. The molecule has 2 aromatic carbocycles. The van der Waals surface area contributed by atoms with E-state index in [1.54, 1.807) is 49.4 Å². The quantitative estimate of drug-likeness (QED) is 0.621. The number of allylic oxidation sites excluding steroid dienone is 1. The number of hydrogen-bond acceptors (Lipinski definition) is 3. The summed E-state index contributed by atoms with van der Waals surface area (Å²) in [7, 11) is 0. The molecule has 0 aliphatic heterocycles. The summed E-state index contributed by atoms with van der Waals surface area (Å²) in [4.78, 5) is 23.0. The van der Waals surface area contributed by atoms with Crippen molar-refractivity contribution in [3.63, 3.8) is 0 Å².